The van der Waals surface area contributed by atoms with E-state index in [1.165, 1.54) is 12.1 Å². The maximum atomic E-state index is 12.8. The number of quaternary nitrogens is 1. The SMILES string of the molecule is C[C@H](c1nc2ccccc2s1)[NH+](C)CC(=O)Nc1cccc(C(F)(F)F)c1. The third-order valence-corrected chi connectivity index (χ3v) is 5.55. The summed E-state index contributed by atoms with van der Waals surface area (Å²) in [6, 6.07) is 12.4. The summed E-state index contributed by atoms with van der Waals surface area (Å²) in [5.74, 6) is -0.347. The molecule has 0 aliphatic rings. The Kier molecular flexibility index (Phi) is 5.48. The molecule has 8 heteroatoms. The van der Waals surface area contributed by atoms with Crippen molar-refractivity contribution in [2.45, 2.75) is 19.1 Å². The van der Waals surface area contributed by atoms with Crippen LogP contribution in [0.15, 0.2) is 48.5 Å². The fraction of sp³-hybridized carbons (Fsp3) is 0.263. The van der Waals surface area contributed by atoms with Crippen LogP contribution >= 0.6 is 11.3 Å². The van der Waals surface area contributed by atoms with Crippen LogP contribution in [0.4, 0.5) is 18.9 Å². The summed E-state index contributed by atoms with van der Waals surface area (Å²) in [7, 11) is 1.86. The molecule has 0 bridgehead atoms. The second kappa shape index (κ2) is 7.66. The normalized spacial score (nSPS) is 14.1. The van der Waals surface area contributed by atoms with Gasteiger partial charge in [-0.1, -0.05) is 18.2 Å². The predicted octanol–water partition coefficient (Wildman–Crippen LogP) is 3.53. The average molecular weight is 394 g/mol. The fourth-order valence-corrected chi connectivity index (χ4v) is 3.78. The number of carbonyl (C=O) groups is 1. The summed E-state index contributed by atoms with van der Waals surface area (Å²) in [5, 5.41) is 3.46. The fourth-order valence-electron chi connectivity index (χ4n) is 2.67. The van der Waals surface area contributed by atoms with Crippen molar-refractivity contribution in [1.29, 1.82) is 0 Å². The summed E-state index contributed by atoms with van der Waals surface area (Å²) in [4.78, 5) is 17.8. The van der Waals surface area contributed by atoms with Crippen LogP contribution < -0.4 is 10.2 Å². The van der Waals surface area contributed by atoms with Gasteiger partial charge in [0, 0.05) is 5.69 Å². The zero-order chi connectivity index (χ0) is 19.6. The van der Waals surface area contributed by atoms with Gasteiger partial charge in [-0.15, -0.1) is 11.3 Å². The Bertz CT molecular complexity index is 922. The van der Waals surface area contributed by atoms with Gasteiger partial charge in [0.15, 0.2) is 11.6 Å². The van der Waals surface area contributed by atoms with Crippen molar-refractivity contribution in [1.82, 2.24) is 4.98 Å². The third kappa shape index (κ3) is 4.64. The lowest BCUT2D eigenvalue weighted by Gasteiger charge is -2.19. The first-order valence-corrected chi connectivity index (χ1v) is 9.20. The first kappa shape index (κ1) is 19.3. The molecule has 0 aliphatic heterocycles. The molecule has 1 heterocycles. The largest absolute Gasteiger partial charge is 0.416 e. The summed E-state index contributed by atoms with van der Waals surface area (Å²) < 4.78 is 39.4. The Morgan fingerprint density at radius 1 is 1.22 bits per heavy atom. The molecule has 1 amide bonds. The number of nitrogens with one attached hydrogen (secondary N) is 2. The number of para-hydroxylation sites is 1. The Morgan fingerprint density at radius 2 is 1.96 bits per heavy atom. The third-order valence-electron chi connectivity index (χ3n) is 4.33. The second-order valence-corrected chi connectivity index (χ2v) is 7.45. The van der Waals surface area contributed by atoms with Gasteiger partial charge in [0.1, 0.15) is 6.04 Å². The van der Waals surface area contributed by atoms with Crippen LogP contribution in [-0.2, 0) is 11.0 Å². The molecule has 27 heavy (non-hydrogen) atoms. The topological polar surface area (TPSA) is 46.4 Å². The van der Waals surface area contributed by atoms with Crippen molar-refractivity contribution in [2.24, 2.45) is 0 Å². The van der Waals surface area contributed by atoms with E-state index < -0.39 is 11.7 Å². The van der Waals surface area contributed by atoms with Crippen molar-refractivity contribution in [2.75, 3.05) is 18.9 Å². The summed E-state index contributed by atoms with van der Waals surface area (Å²) in [6.45, 7) is 2.10. The quantitative estimate of drug-likeness (QED) is 0.696. The highest BCUT2D eigenvalue weighted by molar-refractivity contribution is 7.18. The zero-order valence-electron chi connectivity index (χ0n) is 14.8. The lowest BCUT2D eigenvalue weighted by molar-refractivity contribution is -0.902. The first-order valence-electron chi connectivity index (χ1n) is 8.39. The molecule has 2 atom stereocenters. The van der Waals surface area contributed by atoms with Gasteiger partial charge in [-0.25, -0.2) is 4.98 Å². The van der Waals surface area contributed by atoms with Gasteiger partial charge in [0.05, 0.1) is 22.8 Å². The highest BCUT2D eigenvalue weighted by Gasteiger charge is 2.30. The number of halogens is 3. The van der Waals surface area contributed by atoms with E-state index in [2.05, 4.69) is 10.3 Å². The number of anilines is 1. The van der Waals surface area contributed by atoms with E-state index in [9.17, 15) is 18.0 Å². The summed E-state index contributed by atoms with van der Waals surface area (Å²) in [5.41, 5.74) is 0.268. The van der Waals surface area contributed by atoms with Gasteiger partial charge in [0.25, 0.3) is 5.91 Å². The van der Waals surface area contributed by atoms with Crippen LogP contribution in [0.1, 0.15) is 23.5 Å². The lowest BCUT2D eigenvalue weighted by atomic mass is 10.2. The van der Waals surface area contributed by atoms with Crippen molar-refractivity contribution in [3.63, 3.8) is 0 Å². The number of rotatable bonds is 5. The summed E-state index contributed by atoms with van der Waals surface area (Å²) >= 11 is 1.58. The number of hydrogen-bond acceptors (Lipinski definition) is 3. The minimum absolute atomic E-state index is 0.0188. The number of amides is 1. The standard InChI is InChI=1S/C19H18F3N3OS/c1-12(18-24-15-8-3-4-9-16(15)27-18)25(2)11-17(26)23-14-7-5-6-13(10-14)19(20,21)22/h3-10,12H,11H2,1-2H3,(H,23,26)/p+1/t12-/m1/s1. The maximum absolute atomic E-state index is 12.8. The molecule has 0 fully saturated rings. The van der Waals surface area contributed by atoms with Gasteiger partial charge >= 0.3 is 6.18 Å². The van der Waals surface area contributed by atoms with Gasteiger partial charge in [0.2, 0.25) is 0 Å². The van der Waals surface area contributed by atoms with Crippen LogP contribution in [0.5, 0.6) is 0 Å². The molecule has 1 aromatic heterocycles. The molecule has 2 N–H and O–H groups in total. The number of aromatic nitrogens is 1. The smallest absolute Gasteiger partial charge is 0.322 e. The van der Waals surface area contributed by atoms with E-state index in [0.717, 1.165) is 32.3 Å². The van der Waals surface area contributed by atoms with E-state index in [1.54, 1.807) is 11.3 Å². The van der Waals surface area contributed by atoms with Crippen LogP contribution in [0.3, 0.4) is 0 Å². The minimum atomic E-state index is -4.44. The Balaban J connectivity index is 1.65. The molecule has 0 radical (unpaired) electrons. The van der Waals surface area contributed by atoms with E-state index in [0.29, 0.717) is 0 Å². The Hall–Kier alpha value is -2.45. The van der Waals surface area contributed by atoms with Gasteiger partial charge in [-0.05, 0) is 37.3 Å². The number of nitrogens with zero attached hydrogens (tertiary/aromatic N) is 1. The van der Waals surface area contributed by atoms with E-state index in [1.807, 2.05) is 38.2 Å². The van der Waals surface area contributed by atoms with Crippen molar-refractivity contribution in [3.8, 4) is 0 Å². The summed E-state index contributed by atoms with van der Waals surface area (Å²) in [6.07, 6.45) is -4.44. The number of fused-ring (bicyclic) bond motifs is 1. The van der Waals surface area contributed by atoms with Crippen LogP contribution in [0, 0.1) is 0 Å². The van der Waals surface area contributed by atoms with Crippen molar-refractivity contribution >= 4 is 33.1 Å². The van der Waals surface area contributed by atoms with Crippen molar-refractivity contribution in [3.05, 3.63) is 59.1 Å². The zero-order valence-corrected chi connectivity index (χ0v) is 15.6. The molecule has 0 spiro atoms. The number of thiazole rings is 1. The minimum Gasteiger partial charge on any atom is -0.322 e. The first-order chi connectivity index (χ1) is 12.7. The molecule has 3 aromatic rings. The molecule has 4 nitrogen and oxygen atoms in total. The molecule has 3 rings (SSSR count). The highest BCUT2D eigenvalue weighted by Crippen LogP contribution is 2.30. The number of likely N-dealkylation sites (N-methyl/N-ethyl adjacent to an activating group) is 1. The van der Waals surface area contributed by atoms with Crippen LogP contribution in [0.2, 0.25) is 0 Å². The Morgan fingerprint density at radius 3 is 2.67 bits per heavy atom. The maximum Gasteiger partial charge on any atom is 0.416 e. The van der Waals surface area contributed by atoms with E-state index in [4.69, 9.17) is 0 Å². The van der Waals surface area contributed by atoms with Gasteiger partial charge in [-0.3, -0.25) is 4.79 Å². The number of alkyl halides is 3. The average Bonchev–Trinajstić information content (AvgIpc) is 3.04. The second-order valence-electron chi connectivity index (χ2n) is 6.39. The van der Waals surface area contributed by atoms with Gasteiger partial charge < -0.3 is 10.2 Å². The molecular weight excluding hydrogens is 375 g/mol. The molecule has 1 unspecified atom stereocenters. The molecule has 0 saturated heterocycles. The monoisotopic (exact) mass is 394 g/mol. The lowest BCUT2D eigenvalue weighted by Crippen LogP contribution is -3.10. The van der Waals surface area contributed by atoms with Crippen LogP contribution in [-0.4, -0.2) is 24.5 Å². The van der Waals surface area contributed by atoms with Gasteiger partial charge in [-0.2, -0.15) is 13.2 Å². The predicted molar refractivity (Wildman–Crippen MR) is 99.9 cm³/mol. The van der Waals surface area contributed by atoms with E-state index in [-0.39, 0.29) is 24.2 Å². The molecule has 0 aliphatic carbocycles. The number of carbonyl (C=O) groups excluding carboxylic acids is 1. The van der Waals surface area contributed by atoms with Crippen molar-refractivity contribution < 1.29 is 22.9 Å². The molecular formula is C19H19F3N3OS+. The molecule has 142 valence electrons. The molecule has 0 saturated carbocycles. The number of benzene rings is 2. The molecule has 2 aromatic carbocycles. The van der Waals surface area contributed by atoms with Crippen LogP contribution in [0.25, 0.3) is 10.2 Å². The van der Waals surface area contributed by atoms with E-state index >= 15 is 0 Å². The Labute approximate surface area is 158 Å². The highest BCUT2D eigenvalue weighted by atomic mass is 32.1. The number of hydrogen-bond donors (Lipinski definition) is 2.